The van der Waals surface area contributed by atoms with E-state index in [0.717, 1.165) is 0 Å². The minimum Gasteiger partial charge on any atom is -0.396 e. The minimum atomic E-state index is -0.344. The van der Waals surface area contributed by atoms with Gasteiger partial charge < -0.3 is 15.1 Å². The van der Waals surface area contributed by atoms with Crippen LogP contribution in [0.15, 0.2) is 0 Å². The molecule has 0 unspecified atom stereocenters. The standard InChI is InChI=1S/C8H15NO3/c10-5-1-2-8(12)9-4-3-7(11)6-9/h7,10-11H,1-6H2/t7-/m1/s1. The molecule has 12 heavy (non-hydrogen) atoms. The molecule has 4 nitrogen and oxygen atoms in total. The fourth-order valence-electron chi connectivity index (χ4n) is 1.36. The van der Waals surface area contributed by atoms with E-state index in [2.05, 4.69) is 0 Å². The second-order valence-corrected chi connectivity index (χ2v) is 3.11. The molecule has 0 aromatic carbocycles. The summed E-state index contributed by atoms with van der Waals surface area (Å²) >= 11 is 0. The van der Waals surface area contributed by atoms with Crippen LogP contribution < -0.4 is 0 Å². The molecule has 0 radical (unpaired) electrons. The number of aliphatic hydroxyl groups is 2. The van der Waals surface area contributed by atoms with Crippen LogP contribution in [0.2, 0.25) is 0 Å². The molecule has 0 aromatic rings. The second kappa shape index (κ2) is 4.42. The molecule has 1 aliphatic heterocycles. The maximum atomic E-state index is 11.3. The zero-order chi connectivity index (χ0) is 8.97. The number of amides is 1. The van der Waals surface area contributed by atoms with Gasteiger partial charge in [-0.2, -0.15) is 0 Å². The molecule has 1 amide bonds. The highest BCUT2D eigenvalue weighted by atomic mass is 16.3. The van der Waals surface area contributed by atoms with Gasteiger partial charge in [0.2, 0.25) is 5.91 Å². The van der Waals surface area contributed by atoms with E-state index in [4.69, 9.17) is 10.2 Å². The van der Waals surface area contributed by atoms with Crippen molar-refractivity contribution in [2.24, 2.45) is 0 Å². The van der Waals surface area contributed by atoms with Gasteiger partial charge in [-0.05, 0) is 12.8 Å². The van der Waals surface area contributed by atoms with Crippen LogP contribution in [0.3, 0.4) is 0 Å². The highest BCUT2D eigenvalue weighted by molar-refractivity contribution is 5.76. The average Bonchev–Trinajstić information content (AvgIpc) is 2.47. The number of likely N-dealkylation sites (tertiary alicyclic amines) is 1. The summed E-state index contributed by atoms with van der Waals surface area (Å²) in [7, 11) is 0. The van der Waals surface area contributed by atoms with Crippen LogP contribution in [0, 0.1) is 0 Å². The summed E-state index contributed by atoms with van der Waals surface area (Å²) in [6, 6.07) is 0. The summed E-state index contributed by atoms with van der Waals surface area (Å²) in [5, 5.41) is 17.6. The van der Waals surface area contributed by atoms with Crippen LogP contribution in [0.25, 0.3) is 0 Å². The van der Waals surface area contributed by atoms with Crippen molar-refractivity contribution >= 4 is 5.91 Å². The van der Waals surface area contributed by atoms with E-state index < -0.39 is 0 Å². The predicted octanol–water partition coefficient (Wildman–Crippen LogP) is -0.648. The summed E-state index contributed by atoms with van der Waals surface area (Å²) in [4.78, 5) is 12.9. The maximum Gasteiger partial charge on any atom is 0.222 e. The van der Waals surface area contributed by atoms with Crippen molar-refractivity contribution in [3.05, 3.63) is 0 Å². The predicted molar refractivity (Wildman–Crippen MR) is 43.5 cm³/mol. The summed E-state index contributed by atoms with van der Waals surface area (Å²) in [6.07, 6.45) is 1.25. The van der Waals surface area contributed by atoms with Gasteiger partial charge in [-0.25, -0.2) is 0 Å². The lowest BCUT2D eigenvalue weighted by Crippen LogP contribution is -2.29. The molecule has 70 valence electrons. The first-order chi connectivity index (χ1) is 5.74. The average molecular weight is 173 g/mol. The molecule has 1 saturated heterocycles. The van der Waals surface area contributed by atoms with Gasteiger partial charge in [0.1, 0.15) is 0 Å². The Balaban J connectivity index is 2.23. The Labute approximate surface area is 71.8 Å². The van der Waals surface area contributed by atoms with Crippen molar-refractivity contribution in [3.63, 3.8) is 0 Å². The number of carbonyl (C=O) groups is 1. The molecule has 0 aliphatic carbocycles. The molecule has 0 bridgehead atoms. The summed E-state index contributed by atoms with van der Waals surface area (Å²) in [5.74, 6) is 0.0422. The number of carbonyl (C=O) groups excluding carboxylic acids is 1. The van der Waals surface area contributed by atoms with Crippen molar-refractivity contribution in [2.75, 3.05) is 19.7 Å². The van der Waals surface area contributed by atoms with Crippen LogP contribution in [-0.2, 0) is 4.79 Å². The smallest absolute Gasteiger partial charge is 0.222 e. The van der Waals surface area contributed by atoms with Crippen molar-refractivity contribution in [1.82, 2.24) is 4.90 Å². The number of β-amino-alcohol motifs (C(OH)–C–C–N with tert-alkyl or cyclic N) is 1. The lowest BCUT2D eigenvalue weighted by Gasteiger charge is -2.14. The Bertz CT molecular complexity index is 160. The number of aliphatic hydroxyl groups excluding tert-OH is 2. The van der Waals surface area contributed by atoms with Crippen LogP contribution in [0.4, 0.5) is 0 Å². The Morgan fingerprint density at radius 3 is 2.83 bits per heavy atom. The van der Waals surface area contributed by atoms with E-state index >= 15 is 0 Å². The first kappa shape index (κ1) is 9.48. The monoisotopic (exact) mass is 173 g/mol. The quantitative estimate of drug-likeness (QED) is 0.596. The van der Waals surface area contributed by atoms with Crippen LogP contribution in [0.5, 0.6) is 0 Å². The van der Waals surface area contributed by atoms with E-state index in [-0.39, 0.29) is 18.6 Å². The molecule has 1 atom stereocenters. The van der Waals surface area contributed by atoms with Gasteiger partial charge in [0, 0.05) is 26.1 Å². The highest BCUT2D eigenvalue weighted by Gasteiger charge is 2.23. The molecule has 0 saturated carbocycles. The minimum absolute atomic E-state index is 0.0422. The topological polar surface area (TPSA) is 60.8 Å². The molecule has 0 spiro atoms. The molecule has 0 aromatic heterocycles. The Morgan fingerprint density at radius 2 is 2.33 bits per heavy atom. The third kappa shape index (κ3) is 2.46. The maximum absolute atomic E-state index is 11.3. The number of nitrogens with zero attached hydrogens (tertiary/aromatic N) is 1. The first-order valence-electron chi connectivity index (χ1n) is 4.30. The molecular formula is C8H15NO3. The normalized spacial score (nSPS) is 23.2. The van der Waals surface area contributed by atoms with Crippen LogP contribution >= 0.6 is 0 Å². The second-order valence-electron chi connectivity index (χ2n) is 3.11. The third-order valence-corrected chi connectivity index (χ3v) is 2.06. The van der Waals surface area contributed by atoms with E-state index in [1.807, 2.05) is 0 Å². The van der Waals surface area contributed by atoms with Gasteiger partial charge in [0.15, 0.2) is 0 Å². The van der Waals surface area contributed by atoms with Crippen molar-refractivity contribution < 1.29 is 15.0 Å². The van der Waals surface area contributed by atoms with Crippen LogP contribution in [-0.4, -0.2) is 46.8 Å². The van der Waals surface area contributed by atoms with Crippen molar-refractivity contribution in [3.8, 4) is 0 Å². The Kier molecular flexibility index (Phi) is 3.49. The van der Waals surface area contributed by atoms with Gasteiger partial charge in [-0.1, -0.05) is 0 Å². The highest BCUT2D eigenvalue weighted by Crippen LogP contribution is 2.10. The summed E-state index contributed by atoms with van der Waals surface area (Å²) in [6.45, 7) is 1.18. The summed E-state index contributed by atoms with van der Waals surface area (Å²) < 4.78 is 0. The molecule has 1 aliphatic rings. The zero-order valence-corrected chi connectivity index (χ0v) is 7.07. The van der Waals surface area contributed by atoms with Gasteiger partial charge in [0.25, 0.3) is 0 Å². The SMILES string of the molecule is O=C(CCCO)N1CC[C@@H](O)C1. The fourth-order valence-corrected chi connectivity index (χ4v) is 1.36. The summed E-state index contributed by atoms with van der Waals surface area (Å²) in [5.41, 5.74) is 0. The van der Waals surface area contributed by atoms with Crippen LogP contribution in [0.1, 0.15) is 19.3 Å². The molecule has 1 heterocycles. The van der Waals surface area contributed by atoms with Gasteiger partial charge in [-0.15, -0.1) is 0 Å². The molecule has 4 heteroatoms. The van der Waals surface area contributed by atoms with E-state index in [1.54, 1.807) is 4.90 Å². The first-order valence-corrected chi connectivity index (χ1v) is 4.30. The lowest BCUT2D eigenvalue weighted by molar-refractivity contribution is -0.130. The van der Waals surface area contributed by atoms with E-state index in [9.17, 15) is 4.79 Å². The Hall–Kier alpha value is -0.610. The molecular weight excluding hydrogens is 158 g/mol. The number of rotatable bonds is 3. The van der Waals surface area contributed by atoms with Crippen molar-refractivity contribution in [1.29, 1.82) is 0 Å². The largest absolute Gasteiger partial charge is 0.396 e. The van der Waals surface area contributed by atoms with Gasteiger partial charge >= 0.3 is 0 Å². The van der Waals surface area contributed by atoms with Crippen molar-refractivity contribution in [2.45, 2.75) is 25.4 Å². The number of hydrogen-bond donors (Lipinski definition) is 2. The lowest BCUT2D eigenvalue weighted by atomic mass is 10.3. The van der Waals surface area contributed by atoms with Gasteiger partial charge in [0.05, 0.1) is 6.10 Å². The fraction of sp³-hybridized carbons (Fsp3) is 0.875. The van der Waals surface area contributed by atoms with E-state index in [1.165, 1.54) is 0 Å². The van der Waals surface area contributed by atoms with Gasteiger partial charge in [-0.3, -0.25) is 4.79 Å². The Morgan fingerprint density at radius 1 is 1.58 bits per heavy atom. The third-order valence-electron chi connectivity index (χ3n) is 2.06. The number of hydrogen-bond acceptors (Lipinski definition) is 3. The molecule has 1 rings (SSSR count). The molecule has 2 N–H and O–H groups in total. The van der Waals surface area contributed by atoms with E-state index in [0.29, 0.717) is 32.4 Å². The zero-order valence-electron chi connectivity index (χ0n) is 7.07. The molecule has 1 fully saturated rings.